The smallest absolute Gasteiger partial charge is 0.272 e. The maximum atomic E-state index is 12.6. The van der Waals surface area contributed by atoms with E-state index in [-0.39, 0.29) is 5.91 Å². The Kier molecular flexibility index (Phi) is 5.52. The van der Waals surface area contributed by atoms with Crippen molar-refractivity contribution in [1.82, 2.24) is 19.8 Å². The van der Waals surface area contributed by atoms with Crippen molar-refractivity contribution in [2.75, 3.05) is 52.8 Å². The van der Waals surface area contributed by atoms with Gasteiger partial charge < -0.3 is 24.6 Å². The van der Waals surface area contributed by atoms with E-state index in [1.54, 1.807) is 26.4 Å². The fraction of sp³-hybridized carbons (Fsp3) is 0.389. The molecule has 0 unspecified atom stereocenters. The molecule has 1 aliphatic rings. The molecule has 1 amide bonds. The van der Waals surface area contributed by atoms with Gasteiger partial charge in [-0.3, -0.25) is 4.79 Å². The van der Waals surface area contributed by atoms with E-state index >= 15 is 0 Å². The lowest BCUT2D eigenvalue weighted by molar-refractivity contribution is 0.0658. The van der Waals surface area contributed by atoms with Gasteiger partial charge in [0.1, 0.15) is 17.8 Å². The van der Waals surface area contributed by atoms with Gasteiger partial charge in [0.2, 0.25) is 0 Å². The van der Waals surface area contributed by atoms with Crippen LogP contribution >= 0.6 is 0 Å². The highest BCUT2D eigenvalue weighted by atomic mass is 16.5. The second-order valence-corrected chi connectivity index (χ2v) is 6.08. The minimum atomic E-state index is -0.0733. The number of rotatable bonds is 5. The van der Waals surface area contributed by atoms with E-state index in [2.05, 4.69) is 27.2 Å². The molecule has 0 atom stereocenters. The number of benzene rings is 1. The predicted octanol–water partition coefficient (Wildman–Crippen LogP) is 1.62. The minimum Gasteiger partial charge on any atom is -0.493 e. The molecule has 1 aromatic heterocycles. The number of ether oxygens (including phenoxy) is 2. The number of hydrogen-bond acceptors (Lipinski definition) is 7. The molecule has 1 aromatic carbocycles. The third-order valence-electron chi connectivity index (χ3n) is 4.33. The second-order valence-electron chi connectivity index (χ2n) is 6.08. The Labute approximate surface area is 152 Å². The molecule has 1 N–H and O–H groups in total. The van der Waals surface area contributed by atoms with Gasteiger partial charge in [0.15, 0.2) is 11.5 Å². The van der Waals surface area contributed by atoms with Gasteiger partial charge in [-0.25, -0.2) is 9.97 Å². The SMILES string of the molecule is COc1ccc(Nc2cc(C(=O)N3CCN(C)CC3)ncn2)cc1OC. The third-order valence-corrected chi connectivity index (χ3v) is 4.33. The molecular formula is C18H23N5O3. The van der Waals surface area contributed by atoms with Crippen LogP contribution in [0.25, 0.3) is 0 Å². The molecule has 1 saturated heterocycles. The summed E-state index contributed by atoms with van der Waals surface area (Å²) in [5, 5.41) is 3.17. The first kappa shape index (κ1) is 17.9. The van der Waals surface area contributed by atoms with Gasteiger partial charge in [0.25, 0.3) is 5.91 Å². The number of nitrogens with one attached hydrogen (secondary N) is 1. The van der Waals surface area contributed by atoms with Gasteiger partial charge in [-0.1, -0.05) is 0 Å². The molecule has 26 heavy (non-hydrogen) atoms. The molecule has 1 fully saturated rings. The zero-order valence-corrected chi connectivity index (χ0v) is 15.2. The number of methoxy groups -OCH3 is 2. The molecule has 8 nitrogen and oxygen atoms in total. The minimum absolute atomic E-state index is 0.0733. The first-order valence-electron chi connectivity index (χ1n) is 8.39. The topological polar surface area (TPSA) is 79.8 Å². The Balaban J connectivity index is 1.74. The van der Waals surface area contributed by atoms with Crippen LogP contribution in [-0.2, 0) is 0 Å². The fourth-order valence-electron chi connectivity index (χ4n) is 2.78. The summed E-state index contributed by atoms with van der Waals surface area (Å²) < 4.78 is 10.5. The summed E-state index contributed by atoms with van der Waals surface area (Å²) in [5.74, 6) is 1.73. The Morgan fingerprint density at radius 3 is 2.46 bits per heavy atom. The highest BCUT2D eigenvalue weighted by Crippen LogP contribution is 2.30. The number of carbonyl (C=O) groups excluding carboxylic acids is 1. The van der Waals surface area contributed by atoms with Crippen molar-refractivity contribution >= 4 is 17.4 Å². The first-order chi connectivity index (χ1) is 12.6. The highest BCUT2D eigenvalue weighted by Gasteiger charge is 2.21. The maximum absolute atomic E-state index is 12.6. The number of piperazine rings is 1. The molecule has 8 heteroatoms. The Hall–Kier alpha value is -2.87. The quantitative estimate of drug-likeness (QED) is 0.871. The van der Waals surface area contributed by atoms with E-state index in [9.17, 15) is 4.79 Å². The lowest BCUT2D eigenvalue weighted by atomic mass is 10.2. The molecule has 0 radical (unpaired) electrons. The van der Waals surface area contributed by atoms with Crippen LogP contribution in [0.4, 0.5) is 11.5 Å². The molecular weight excluding hydrogens is 334 g/mol. The van der Waals surface area contributed by atoms with Crippen LogP contribution in [0.2, 0.25) is 0 Å². The Morgan fingerprint density at radius 2 is 1.77 bits per heavy atom. The summed E-state index contributed by atoms with van der Waals surface area (Å²) in [6.07, 6.45) is 1.40. The maximum Gasteiger partial charge on any atom is 0.272 e. The molecule has 3 rings (SSSR count). The largest absolute Gasteiger partial charge is 0.493 e. The summed E-state index contributed by atoms with van der Waals surface area (Å²) in [6.45, 7) is 3.15. The molecule has 2 heterocycles. The Morgan fingerprint density at radius 1 is 1.04 bits per heavy atom. The predicted molar refractivity (Wildman–Crippen MR) is 98.3 cm³/mol. The van der Waals surface area contributed by atoms with Crippen molar-refractivity contribution in [2.45, 2.75) is 0 Å². The van der Waals surface area contributed by atoms with Crippen molar-refractivity contribution in [3.8, 4) is 11.5 Å². The van der Waals surface area contributed by atoms with E-state index in [0.29, 0.717) is 36.1 Å². The zero-order valence-electron chi connectivity index (χ0n) is 15.2. The monoisotopic (exact) mass is 357 g/mol. The number of carbonyl (C=O) groups is 1. The van der Waals surface area contributed by atoms with Gasteiger partial charge in [-0.05, 0) is 19.2 Å². The lowest BCUT2D eigenvalue weighted by Gasteiger charge is -2.32. The molecule has 2 aromatic rings. The second kappa shape index (κ2) is 8.01. The van der Waals surface area contributed by atoms with E-state index in [0.717, 1.165) is 18.8 Å². The third kappa shape index (κ3) is 4.02. The number of aromatic nitrogens is 2. The fourth-order valence-corrected chi connectivity index (χ4v) is 2.78. The van der Waals surface area contributed by atoms with Crippen LogP contribution in [0.15, 0.2) is 30.6 Å². The number of amides is 1. The molecule has 1 aliphatic heterocycles. The van der Waals surface area contributed by atoms with Gasteiger partial charge in [0.05, 0.1) is 14.2 Å². The van der Waals surface area contributed by atoms with Gasteiger partial charge in [0, 0.05) is 44.0 Å². The standard InChI is InChI=1S/C18H23N5O3/c1-22-6-8-23(9-7-22)18(24)14-11-17(20-12-19-14)21-13-4-5-15(25-2)16(10-13)26-3/h4-5,10-12H,6-9H2,1-3H3,(H,19,20,21). The number of nitrogens with zero attached hydrogens (tertiary/aromatic N) is 4. The lowest BCUT2D eigenvalue weighted by Crippen LogP contribution is -2.47. The number of hydrogen-bond donors (Lipinski definition) is 1. The van der Waals surface area contributed by atoms with E-state index in [1.807, 2.05) is 17.0 Å². The van der Waals surface area contributed by atoms with Crippen molar-refractivity contribution < 1.29 is 14.3 Å². The van der Waals surface area contributed by atoms with Crippen LogP contribution in [0.3, 0.4) is 0 Å². The van der Waals surface area contributed by atoms with Crippen molar-refractivity contribution in [2.24, 2.45) is 0 Å². The van der Waals surface area contributed by atoms with Crippen molar-refractivity contribution in [3.63, 3.8) is 0 Å². The molecule has 0 saturated carbocycles. The van der Waals surface area contributed by atoms with Crippen LogP contribution in [0.1, 0.15) is 10.5 Å². The average Bonchev–Trinajstić information content (AvgIpc) is 2.68. The van der Waals surface area contributed by atoms with Gasteiger partial charge >= 0.3 is 0 Å². The highest BCUT2D eigenvalue weighted by molar-refractivity contribution is 5.93. The summed E-state index contributed by atoms with van der Waals surface area (Å²) in [7, 11) is 5.22. The summed E-state index contributed by atoms with van der Waals surface area (Å²) in [5.41, 5.74) is 1.16. The molecule has 138 valence electrons. The van der Waals surface area contributed by atoms with Gasteiger partial charge in [-0.2, -0.15) is 0 Å². The Bertz CT molecular complexity index is 775. The van der Waals surface area contributed by atoms with Crippen LogP contribution in [0.5, 0.6) is 11.5 Å². The first-order valence-corrected chi connectivity index (χ1v) is 8.39. The van der Waals surface area contributed by atoms with E-state index in [1.165, 1.54) is 6.33 Å². The summed E-state index contributed by atoms with van der Waals surface area (Å²) in [6, 6.07) is 7.13. The van der Waals surface area contributed by atoms with Crippen LogP contribution in [-0.4, -0.2) is 73.1 Å². The summed E-state index contributed by atoms with van der Waals surface area (Å²) in [4.78, 5) is 25.0. The van der Waals surface area contributed by atoms with E-state index < -0.39 is 0 Å². The van der Waals surface area contributed by atoms with Crippen LogP contribution < -0.4 is 14.8 Å². The molecule has 0 spiro atoms. The normalized spacial score (nSPS) is 14.8. The number of likely N-dealkylation sites (N-methyl/N-ethyl adjacent to an activating group) is 1. The van der Waals surface area contributed by atoms with Crippen LogP contribution in [0, 0.1) is 0 Å². The summed E-state index contributed by atoms with van der Waals surface area (Å²) >= 11 is 0. The average molecular weight is 357 g/mol. The van der Waals surface area contributed by atoms with Gasteiger partial charge in [-0.15, -0.1) is 0 Å². The van der Waals surface area contributed by atoms with E-state index in [4.69, 9.17) is 9.47 Å². The molecule has 0 bridgehead atoms. The number of anilines is 2. The van der Waals surface area contributed by atoms with Crippen molar-refractivity contribution in [1.29, 1.82) is 0 Å². The zero-order chi connectivity index (χ0) is 18.5. The molecule has 0 aliphatic carbocycles. The van der Waals surface area contributed by atoms with Crippen molar-refractivity contribution in [3.05, 3.63) is 36.3 Å².